The topological polar surface area (TPSA) is 20.2 Å². The van der Waals surface area contributed by atoms with Gasteiger partial charge in [0.1, 0.15) is 0 Å². The monoisotopic (exact) mass is 242 g/mol. The SMILES string of the molecule is CCc1ccc(C(C)(C)O)cc1Br. The van der Waals surface area contributed by atoms with Crippen LogP contribution in [0.3, 0.4) is 0 Å². The molecule has 0 aromatic heterocycles. The first-order chi connectivity index (χ1) is 5.95. The second-order valence-corrected chi connectivity index (χ2v) is 4.57. The number of hydrogen-bond donors (Lipinski definition) is 1. The van der Waals surface area contributed by atoms with E-state index in [2.05, 4.69) is 28.9 Å². The Balaban J connectivity index is 3.10. The van der Waals surface area contributed by atoms with Gasteiger partial charge in [0.15, 0.2) is 0 Å². The molecule has 0 spiro atoms. The molecule has 0 aliphatic carbocycles. The van der Waals surface area contributed by atoms with Crippen LogP contribution in [-0.4, -0.2) is 5.11 Å². The molecule has 0 heterocycles. The molecule has 0 amide bonds. The first kappa shape index (κ1) is 10.7. The third-order valence-corrected chi connectivity index (χ3v) is 2.88. The molecule has 1 aromatic rings. The van der Waals surface area contributed by atoms with Crippen LogP contribution in [-0.2, 0) is 12.0 Å². The molecule has 0 atom stereocenters. The number of benzene rings is 1. The molecule has 0 fully saturated rings. The number of rotatable bonds is 2. The summed E-state index contributed by atoms with van der Waals surface area (Å²) in [5.74, 6) is 0. The van der Waals surface area contributed by atoms with Crippen LogP contribution in [0.4, 0.5) is 0 Å². The van der Waals surface area contributed by atoms with E-state index in [1.807, 2.05) is 12.1 Å². The molecular formula is C11H15BrO. The highest BCUT2D eigenvalue weighted by molar-refractivity contribution is 9.10. The highest BCUT2D eigenvalue weighted by atomic mass is 79.9. The minimum atomic E-state index is -0.755. The number of aryl methyl sites for hydroxylation is 1. The largest absolute Gasteiger partial charge is 0.386 e. The molecule has 72 valence electrons. The third kappa shape index (κ3) is 2.55. The molecule has 1 nitrogen and oxygen atoms in total. The summed E-state index contributed by atoms with van der Waals surface area (Å²) in [6.45, 7) is 5.70. The van der Waals surface area contributed by atoms with Crippen molar-refractivity contribution in [1.29, 1.82) is 0 Å². The second kappa shape index (κ2) is 3.81. The van der Waals surface area contributed by atoms with Crippen LogP contribution < -0.4 is 0 Å². The fourth-order valence-corrected chi connectivity index (χ4v) is 1.87. The van der Waals surface area contributed by atoms with Crippen molar-refractivity contribution in [2.24, 2.45) is 0 Å². The number of halogens is 1. The van der Waals surface area contributed by atoms with Crippen LogP contribution >= 0.6 is 15.9 Å². The van der Waals surface area contributed by atoms with Crippen LogP contribution in [0.15, 0.2) is 22.7 Å². The Morgan fingerprint density at radius 3 is 2.38 bits per heavy atom. The van der Waals surface area contributed by atoms with Crippen molar-refractivity contribution in [2.75, 3.05) is 0 Å². The van der Waals surface area contributed by atoms with Gasteiger partial charge in [-0.2, -0.15) is 0 Å². The molecule has 1 N–H and O–H groups in total. The maximum Gasteiger partial charge on any atom is 0.0840 e. The van der Waals surface area contributed by atoms with E-state index in [-0.39, 0.29) is 0 Å². The lowest BCUT2D eigenvalue weighted by Gasteiger charge is -2.18. The van der Waals surface area contributed by atoms with Crippen molar-refractivity contribution in [3.8, 4) is 0 Å². The van der Waals surface area contributed by atoms with E-state index in [4.69, 9.17) is 0 Å². The molecular weight excluding hydrogens is 228 g/mol. The molecule has 1 aromatic carbocycles. The highest BCUT2D eigenvalue weighted by Gasteiger charge is 2.16. The second-order valence-electron chi connectivity index (χ2n) is 3.72. The summed E-state index contributed by atoms with van der Waals surface area (Å²) in [5, 5.41) is 9.76. The average molecular weight is 243 g/mol. The van der Waals surface area contributed by atoms with Crippen molar-refractivity contribution < 1.29 is 5.11 Å². The first-order valence-electron chi connectivity index (χ1n) is 4.46. The molecule has 0 radical (unpaired) electrons. The fourth-order valence-electron chi connectivity index (χ4n) is 1.21. The van der Waals surface area contributed by atoms with Gasteiger partial charge in [-0.05, 0) is 37.5 Å². The van der Waals surface area contributed by atoms with E-state index in [0.717, 1.165) is 16.5 Å². The van der Waals surface area contributed by atoms with Crippen molar-refractivity contribution in [3.05, 3.63) is 33.8 Å². The zero-order chi connectivity index (χ0) is 10.1. The van der Waals surface area contributed by atoms with Gasteiger partial charge in [-0.1, -0.05) is 35.0 Å². The van der Waals surface area contributed by atoms with Gasteiger partial charge >= 0.3 is 0 Å². The molecule has 0 saturated carbocycles. The minimum Gasteiger partial charge on any atom is -0.386 e. The van der Waals surface area contributed by atoms with Crippen LogP contribution in [0.25, 0.3) is 0 Å². The van der Waals surface area contributed by atoms with Gasteiger partial charge in [-0.3, -0.25) is 0 Å². The van der Waals surface area contributed by atoms with Gasteiger partial charge in [0, 0.05) is 4.47 Å². The maximum absolute atomic E-state index is 9.76. The normalized spacial score (nSPS) is 11.8. The molecule has 0 unspecified atom stereocenters. The highest BCUT2D eigenvalue weighted by Crippen LogP contribution is 2.25. The average Bonchev–Trinajstić information content (AvgIpc) is 2.02. The standard InChI is InChI=1S/C11H15BrO/c1-4-8-5-6-9(7-10(8)12)11(2,3)13/h5-7,13H,4H2,1-3H3. The van der Waals surface area contributed by atoms with E-state index in [9.17, 15) is 5.11 Å². The molecule has 0 aliphatic heterocycles. The lowest BCUT2D eigenvalue weighted by atomic mass is 9.97. The zero-order valence-corrected chi connectivity index (χ0v) is 9.85. The van der Waals surface area contributed by atoms with Gasteiger partial charge in [-0.25, -0.2) is 0 Å². The Morgan fingerprint density at radius 2 is 2.00 bits per heavy atom. The van der Waals surface area contributed by atoms with Crippen molar-refractivity contribution >= 4 is 15.9 Å². The summed E-state index contributed by atoms with van der Waals surface area (Å²) >= 11 is 3.49. The maximum atomic E-state index is 9.76. The van der Waals surface area contributed by atoms with E-state index in [1.165, 1.54) is 5.56 Å². The smallest absolute Gasteiger partial charge is 0.0840 e. The number of aliphatic hydroxyl groups is 1. The van der Waals surface area contributed by atoms with Crippen LogP contribution in [0.2, 0.25) is 0 Å². The first-order valence-corrected chi connectivity index (χ1v) is 5.25. The zero-order valence-electron chi connectivity index (χ0n) is 8.26. The van der Waals surface area contributed by atoms with E-state index in [1.54, 1.807) is 13.8 Å². The fraction of sp³-hybridized carbons (Fsp3) is 0.455. The van der Waals surface area contributed by atoms with E-state index < -0.39 is 5.60 Å². The Labute approximate surface area is 87.9 Å². The van der Waals surface area contributed by atoms with Crippen molar-refractivity contribution in [2.45, 2.75) is 32.8 Å². The van der Waals surface area contributed by atoms with Gasteiger partial charge in [0.25, 0.3) is 0 Å². The Bertz CT molecular complexity index is 299. The van der Waals surface area contributed by atoms with Gasteiger partial charge in [0.2, 0.25) is 0 Å². The van der Waals surface area contributed by atoms with Crippen molar-refractivity contribution in [3.63, 3.8) is 0 Å². The summed E-state index contributed by atoms with van der Waals surface area (Å²) in [4.78, 5) is 0. The lowest BCUT2D eigenvalue weighted by Crippen LogP contribution is -2.15. The van der Waals surface area contributed by atoms with Crippen molar-refractivity contribution in [1.82, 2.24) is 0 Å². The van der Waals surface area contributed by atoms with Gasteiger partial charge in [-0.15, -0.1) is 0 Å². The molecule has 1 rings (SSSR count). The quantitative estimate of drug-likeness (QED) is 0.845. The summed E-state index contributed by atoms with van der Waals surface area (Å²) in [6.07, 6.45) is 1.01. The lowest BCUT2D eigenvalue weighted by molar-refractivity contribution is 0.0785. The Hall–Kier alpha value is -0.340. The Morgan fingerprint density at radius 1 is 1.38 bits per heavy atom. The summed E-state index contributed by atoms with van der Waals surface area (Å²) in [6, 6.07) is 6.01. The molecule has 0 saturated heterocycles. The van der Waals surface area contributed by atoms with Gasteiger partial charge < -0.3 is 5.11 Å². The minimum absolute atomic E-state index is 0.755. The molecule has 13 heavy (non-hydrogen) atoms. The van der Waals surface area contributed by atoms with E-state index in [0.29, 0.717) is 0 Å². The predicted octanol–water partition coefficient (Wildman–Crippen LogP) is 3.24. The summed E-state index contributed by atoms with van der Waals surface area (Å²) in [5.41, 5.74) is 1.46. The predicted molar refractivity (Wildman–Crippen MR) is 58.8 cm³/mol. The van der Waals surface area contributed by atoms with Crippen LogP contribution in [0.5, 0.6) is 0 Å². The summed E-state index contributed by atoms with van der Waals surface area (Å²) in [7, 11) is 0. The summed E-state index contributed by atoms with van der Waals surface area (Å²) < 4.78 is 1.08. The van der Waals surface area contributed by atoms with E-state index >= 15 is 0 Å². The van der Waals surface area contributed by atoms with Gasteiger partial charge in [0.05, 0.1) is 5.60 Å². The molecule has 0 bridgehead atoms. The molecule has 2 heteroatoms. The van der Waals surface area contributed by atoms with Crippen LogP contribution in [0, 0.1) is 0 Å². The number of hydrogen-bond acceptors (Lipinski definition) is 1. The van der Waals surface area contributed by atoms with Crippen LogP contribution in [0.1, 0.15) is 31.9 Å². The third-order valence-electron chi connectivity index (χ3n) is 2.14. The Kier molecular flexibility index (Phi) is 3.14. The molecule has 0 aliphatic rings.